The summed E-state index contributed by atoms with van der Waals surface area (Å²) < 4.78 is 28.8. The molecule has 2 aromatic carbocycles. The lowest BCUT2D eigenvalue weighted by Crippen LogP contribution is -2.45. The van der Waals surface area contributed by atoms with Crippen LogP contribution in [-0.2, 0) is 20.4 Å². The summed E-state index contributed by atoms with van der Waals surface area (Å²) in [6.07, 6.45) is 0.240. The van der Waals surface area contributed by atoms with Crippen molar-refractivity contribution in [3.05, 3.63) is 71.8 Å². The number of amides is 1. The molecule has 0 saturated carbocycles. The van der Waals surface area contributed by atoms with E-state index < -0.39 is 15.1 Å². The topological polar surface area (TPSA) is 63.7 Å². The summed E-state index contributed by atoms with van der Waals surface area (Å²) in [7, 11) is 1.85. The molecule has 5 nitrogen and oxygen atoms in total. The van der Waals surface area contributed by atoms with Crippen LogP contribution in [0.15, 0.2) is 60.7 Å². The minimum atomic E-state index is -3.68. The highest BCUT2D eigenvalue weighted by Crippen LogP contribution is 2.34. The van der Waals surface area contributed by atoms with Gasteiger partial charge in [-0.05, 0) is 29.4 Å². The average Bonchev–Trinajstić information content (AvgIpc) is 2.66. The highest BCUT2D eigenvalue weighted by Gasteiger charge is 2.35. The fraction of sp³-hybridized carbons (Fsp3) is 0.350. The molecule has 1 aliphatic heterocycles. The molecule has 1 heterocycles. The third-order valence-electron chi connectivity index (χ3n) is 4.84. The molecule has 1 amide bonds. The van der Waals surface area contributed by atoms with Gasteiger partial charge in [-0.2, -0.15) is 0 Å². The van der Waals surface area contributed by atoms with Crippen molar-refractivity contribution < 1.29 is 17.9 Å². The number of hydrogen-bond acceptors (Lipinski definition) is 4. The maximum absolute atomic E-state index is 12.4. The molecule has 0 aromatic heterocycles. The van der Waals surface area contributed by atoms with Crippen LogP contribution in [0.25, 0.3) is 0 Å². The number of likely N-dealkylation sites (tertiary alicyclic amines) is 1. The summed E-state index contributed by atoms with van der Waals surface area (Å²) in [5.41, 5.74) is 1.98. The zero-order valence-corrected chi connectivity index (χ0v) is 16.4. The fourth-order valence-corrected chi connectivity index (χ4v) is 4.91. The summed E-state index contributed by atoms with van der Waals surface area (Å²) in [6.45, 7) is 1.02. The molecule has 2 unspecified atom stereocenters. The largest absolute Gasteiger partial charge is 0.445 e. The van der Waals surface area contributed by atoms with Gasteiger partial charge in [-0.3, -0.25) is 0 Å². The van der Waals surface area contributed by atoms with Crippen LogP contribution in [0.2, 0.25) is 0 Å². The molecule has 3 rings (SSSR count). The van der Waals surface area contributed by atoms with Crippen molar-refractivity contribution in [3.63, 3.8) is 0 Å². The highest BCUT2D eigenvalue weighted by molar-refractivity contribution is 8.13. The first-order valence-electron chi connectivity index (χ1n) is 8.85. The van der Waals surface area contributed by atoms with Crippen LogP contribution in [0.1, 0.15) is 23.5 Å². The van der Waals surface area contributed by atoms with E-state index in [1.807, 2.05) is 60.7 Å². The predicted octanol–water partition coefficient (Wildman–Crippen LogP) is 4.00. The monoisotopic (exact) mass is 407 g/mol. The van der Waals surface area contributed by atoms with Gasteiger partial charge in [0.15, 0.2) is 0 Å². The Hall–Kier alpha value is -2.05. The van der Waals surface area contributed by atoms with Gasteiger partial charge in [0.2, 0.25) is 9.05 Å². The zero-order valence-electron chi connectivity index (χ0n) is 14.8. The van der Waals surface area contributed by atoms with Crippen molar-refractivity contribution in [3.8, 4) is 0 Å². The third kappa shape index (κ3) is 5.71. The maximum atomic E-state index is 12.4. The van der Waals surface area contributed by atoms with Gasteiger partial charge in [0.25, 0.3) is 0 Å². The predicted molar refractivity (Wildman–Crippen MR) is 105 cm³/mol. The molecule has 0 aliphatic carbocycles. The lowest BCUT2D eigenvalue weighted by Gasteiger charge is -2.37. The smallest absolute Gasteiger partial charge is 0.410 e. The molecule has 1 saturated heterocycles. The number of hydrogen-bond donors (Lipinski definition) is 0. The van der Waals surface area contributed by atoms with Crippen LogP contribution in [-0.4, -0.2) is 38.3 Å². The Morgan fingerprint density at radius 1 is 1.07 bits per heavy atom. The van der Waals surface area contributed by atoms with E-state index in [4.69, 9.17) is 15.4 Å². The number of ether oxygens (including phenoxy) is 1. The lowest BCUT2D eigenvalue weighted by molar-refractivity contribution is 0.0770. The molecule has 0 N–H and O–H groups in total. The van der Waals surface area contributed by atoms with E-state index in [2.05, 4.69) is 0 Å². The van der Waals surface area contributed by atoms with Crippen molar-refractivity contribution in [2.24, 2.45) is 5.92 Å². The van der Waals surface area contributed by atoms with E-state index in [1.165, 1.54) is 0 Å². The van der Waals surface area contributed by atoms with E-state index >= 15 is 0 Å². The summed E-state index contributed by atoms with van der Waals surface area (Å²) in [4.78, 5) is 14.0. The number of carbonyl (C=O) groups excluding carboxylic acids is 1. The number of rotatable bonds is 5. The van der Waals surface area contributed by atoms with Crippen LogP contribution >= 0.6 is 10.7 Å². The molecule has 144 valence electrons. The van der Waals surface area contributed by atoms with Crippen LogP contribution in [0.4, 0.5) is 4.79 Å². The number of carbonyl (C=O) groups is 1. The van der Waals surface area contributed by atoms with E-state index in [0.717, 1.165) is 11.1 Å². The molecule has 0 bridgehead atoms. The number of piperidine rings is 1. The molecule has 1 fully saturated rings. The zero-order chi connectivity index (χ0) is 19.3. The van der Waals surface area contributed by atoms with Crippen molar-refractivity contribution in [1.82, 2.24) is 4.90 Å². The second kappa shape index (κ2) is 8.76. The lowest BCUT2D eigenvalue weighted by atomic mass is 9.81. The minimum Gasteiger partial charge on any atom is -0.445 e. The Labute approximate surface area is 164 Å². The first-order valence-corrected chi connectivity index (χ1v) is 11.3. The van der Waals surface area contributed by atoms with Gasteiger partial charge in [-0.1, -0.05) is 60.7 Å². The molecule has 0 radical (unpaired) electrons. The second-order valence-electron chi connectivity index (χ2n) is 6.76. The van der Waals surface area contributed by atoms with Crippen molar-refractivity contribution in [2.75, 3.05) is 18.8 Å². The third-order valence-corrected chi connectivity index (χ3v) is 6.04. The van der Waals surface area contributed by atoms with Crippen LogP contribution in [0.3, 0.4) is 0 Å². The summed E-state index contributed by atoms with van der Waals surface area (Å²) in [5.74, 6) is -0.401. The van der Waals surface area contributed by atoms with Crippen molar-refractivity contribution in [2.45, 2.75) is 18.9 Å². The van der Waals surface area contributed by atoms with Gasteiger partial charge in [0, 0.05) is 23.8 Å². The number of nitrogens with zero attached hydrogens (tertiary/aromatic N) is 1. The second-order valence-corrected chi connectivity index (χ2v) is 9.58. The van der Waals surface area contributed by atoms with Gasteiger partial charge >= 0.3 is 6.09 Å². The van der Waals surface area contributed by atoms with Crippen LogP contribution < -0.4 is 0 Å². The molecule has 2 aromatic rings. The first kappa shape index (κ1) is 19.7. The SMILES string of the molecule is O=C(OCc1ccccc1)N1CCC(c2ccccc2)C(CS(=O)(=O)Cl)C1. The summed E-state index contributed by atoms with van der Waals surface area (Å²) in [6, 6.07) is 19.2. The molecular weight excluding hydrogens is 386 g/mol. The number of halogens is 1. The van der Waals surface area contributed by atoms with Crippen LogP contribution in [0.5, 0.6) is 0 Å². The van der Waals surface area contributed by atoms with Crippen LogP contribution in [0, 0.1) is 5.92 Å². The maximum Gasteiger partial charge on any atom is 0.410 e. The van der Waals surface area contributed by atoms with Crippen molar-refractivity contribution in [1.29, 1.82) is 0 Å². The van der Waals surface area contributed by atoms with Gasteiger partial charge in [-0.15, -0.1) is 0 Å². The Morgan fingerprint density at radius 3 is 2.33 bits per heavy atom. The number of benzene rings is 2. The molecule has 27 heavy (non-hydrogen) atoms. The molecule has 2 atom stereocenters. The minimum absolute atomic E-state index is 0.0397. The fourth-order valence-electron chi connectivity index (χ4n) is 3.57. The van der Waals surface area contributed by atoms with Gasteiger partial charge in [-0.25, -0.2) is 13.2 Å². The molecular formula is C20H22ClNO4S. The quantitative estimate of drug-likeness (QED) is 0.703. The highest BCUT2D eigenvalue weighted by atomic mass is 35.7. The Morgan fingerprint density at radius 2 is 1.70 bits per heavy atom. The van der Waals surface area contributed by atoms with Gasteiger partial charge < -0.3 is 9.64 Å². The van der Waals surface area contributed by atoms with Gasteiger partial charge in [0.1, 0.15) is 6.61 Å². The van der Waals surface area contributed by atoms with Gasteiger partial charge in [0.05, 0.1) is 5.75 Å². The molecule has 7 heteroatoms. The Balaban J connectivity index is 1.68. The molecule has 0 spiro atoms. The summed E-state index contributed by atoms with van der Waals surface area (Å²) in [5, 5.41) is 0. The van der Waals surface area contributed by atoms with Crippen molar-refractivity contribution >= 4 is 25.8 Å². The van der Waals surface area contributed by atoms with E-state index in [-0.39, 0.29) is 24.2 Å². The normalized spacial score (nSPS) is 20.3. The Kier molecular flexibility index (Phi) is 6.39. The standard InChI is InChI=1S/C20H22ClNO4S/c21-27(24,25)15-18-13-22(12-11-19(18)17-9-5-2-6-10-17)20(23)26-14-16-7-3-1-4-8-16/h1-10,18-19H,11-15H2. The first-order chi connectivity index (χ1) is 12.9. The van der Waals surface area contributed by atoms with E-state index in [0.29, 0.717) is 19.5 Å². The molecule has 1 aliphatic rings. The summed E-state index contributed by atoms with van der Waals surface area (Å²) >= 11 is 0. The van der Waals surface area contributed by atoms with E-state index in [9.17, 15) is 13.2 Å². The van der Waals surface area contributed by atoms with E-state index in [1.54, 1.807) is 4.90 Å². The Bertz CT molecular complexity index is 858. The average molecular weight is 408 g/mol.